The Morgan fingerprint density at radius 2 is 1.77 bits per heavy atom. The molecule has 3 aromatic rings. The summed E-state index contributed by atoms with van der Waals surface area (Å²) in [6, 6.07) is 16.1. The smallest absolute Gasteiger partial charge is 0.354 e. The molecule has 1 heterocycles. The third-order valence-corrected chi connectivity index (χ3v) is 4.20. The van der Waals surface area contributed by atoms with Gasteiger partial charge in [-0.15, -0.1) is 0 Å². The molecule has 0 atom stereocenters. The lowest BCUT2D eigenvalue weighted by Crippen LogP contribution is -2.30. The minimum Gasteiger partial charge on any atom is -0.497 e. The molecule has 0 aliphatic heterocycles. The fourth-order valence-corrected chi connectivity index (χ4v) is 2.67. The maximum absolute atomic E-state index is 12.3. The summed E-state index contributed by atoms with van der Waals surface area (Å²) < 4.78 is 5.05. The van der Waals surface area contributed by atoms with Crippen molar-refractivity contribution in [2.45, 2.75) is 6.42 Å². The molecular weight excluding hydrogens is 388 g/mol. The van der Waals surface area contributed by atoms with Crippen LogP contribution in [0.3, 0.4) is 0 Å². The number of carbonyl (C=O) groups is 1. The second kappa shape index (κ2) is 9.82. The molecule has 10 nitrogen and oxygen atoms in total. The zero-order valence-electron chi connectivity index (χ0n) is 16.2. The van der Waals surface area contributed by atoms with Gasteiger partial charge in [-0.1, -0.05) is 30.3 Å². The molecule has 0 spiro atoms. The second-order valence-electron chi connectivity index (χ2n) is 6.15. The molecule has 154 valence electrons. The summed E-state index contributed by atoms with van der Waals surface area (Å²) in [6.07, 6.45) is 1.85. The number of aromatic nitrogens is 2. The molecule has 1 amide bonds. The Morgan fingerprint density at radius 1 is 1.07 bits per heavy atom. The number of ether oxygens (including phenoxy) is 1. The number of rotatable bonds is 9. The van der Waals surface area contributed by atoms with Crippen LogP contribution in [0.25, 0.3) is 0 Å². The average molecular weight is 408 g/mol. The van der Waals surface area contributed by atoms with Crippen LogP contribution in [0, 0.1) is 10.1 Å². The van der Waals surface area contributed by atoms with Crippen LogP contribution < -0.4 is 20.9 Å². The zero-order valence-corrected chi connectivity index (χ0v) is 16.2. The van der Waals surface area contributed by atoms with Crippen molar-refractivity contribution in [1.29, 1.82) is 0 Å². The zero-order chi connectivity index (χ0) is 21.3. The molecule has 0 unspecified atom stereocenters. The predicted molar refractivity (Wildman–Crippen MR) is 111 cm³/mol. The topological polar surface area (TPSA) is 131 Å². The van der Waals surface area contributed by atoms with Crippen molar-refractivity contribution in [3.05, 3.63) is 82.2 Å². The summed E-state index contributed by atoms with van der Waals surface area (Å²) in [4.78, 5) is 31.1. The minimum absolute atomic E-state index is 0.0622. The Morgan fingerprint density at radius 3 is 2.43 bits per heavy atom. The van der Waals surface area contributed by atoms with E-state index in [1.807, 2.05) is 30.3 Å². The van der Waals surface area contributed by atoms with E-state index in [-0.39, 0.29) is 17.3 Å². The Hall–Kier alpha value is -4.21. The maximum Gasteiger partial charge on any atom is 0.354 e. The van der Waals surface area contributed by atoms with Crippen LogP contribution in [-0.4, -0.2) is 34.5 Å². The quantitative estimate of drug-likeness (QED) is 0.364. The van der Waals surface area contributed by atoms with Crippen molar-refractivity contribution in [2.75, 3.05) is 24.4 Å². The van der Waals surface area contributed by atoms with E-state index in [0.717, 1.165) is 5.56 Å². The normalized spacial score (nSPS) is 10.2. The lowest BCUT2D eigenvalue weighted by atomic mass is 10.1. The number of carbonyl (C=O) groups excluding carboxylic acids is 1. The lowest BCUT2D eigenvalue weighted by molar-refractivity contribution is -0.383. The van der Waals surface area contributed by atoms with E-state index in [1.54, 1.807) is 24.3 Å². The second-order valence-corrected chi connectivity index (χ2v) is 6.15. The van der Waals surface area contributed by atoms with Gasteiger partial charge in [0.2, 0.25) is 11.6 Å². The van der Waals surface area contributed by atoms with E-state index in [1.165, 1.54) is 13.4 Å². The van der Waals surface area contributed by atoms with Gasteiger partial charge in [-0.05, 0) is 36.2 Å². The molecule has 0 fully saturated rings. The van der Waals surface area contributed by atoms with E-state index in [0.29, 0.717) is 24.3 Å². The standard InChI is InChI=1S/C20H20N6O4/c1-30-16-9-7-15(8-10-16)20(27)25-24-19-17(26(28)29)18(22-13-23-19)21-12-11-14-5-3-2-4-6-14/h2-10,13H,11-12H2,1H3,(H,25,27)(H2,21,22,23,24). The van der Waals surface area contributed by atoms with Gasteiger partial charge >= 0.3 is 5.69 Å². The highest BCUT2D eigenvalue weighted by molar-refractivity contribution is 5.95. The van der Waals surface area contributed by atoms with Gasteiger partial charge in [0.25, 0.3) is 5.91 Å². The van der Waals surface area contributed by atoms with Crippen LogP contribution in [0.2, 0.25) is 0 Å². The van der Waals surface area contributed by atoms with E-state index in [4.69, 9.17) is 4.74 Å². The Kier molecular flexibility index (Phi) is 6.72. The molecule has 2 aromatic carbocycles. The van der Waals surface area contributed by atoms with Gasteiger partial charge in [0.05, 0.1) is 12.0 Å². The SMILES string of the molecule is COc1ccc(C(=O)NNc2ncnc(NCCc3ccccc3)c2[N+](=O)[O-])cc1. The summed E-state index contributed by atoms with van der Waals surface area (Å²) in [7, 11) is 1.52. The van der Waals surface area contributed by atoms with Crippen LogP contribution in [0.1, 0.15) is 15.9 Å². The first-order valence-corrected chi connectivity index (χ1v) is 9.06. The highest BCUT2D eigenvalue weighted by atomic mass is 16.6. The number of amides is 1. The first kappa shape index (κ1) is 20.5. The van der Waals surface area contributed by atoms with Gasteiger partial charge in [-0.3, -0.25) is 25.8 Å². The van der Waals surface area contributed by atoms with Crippen LogP contribution in [0.4, 0.5) is 17.3 Å². The van der Waals surface area contributed by atoms with E-state index < -0.39 is 10.8 Å². The molecule has 0 radical (unpaired) electrons. The molecule has 0 aliphatic carbocycles. The summed E-state index contributed by atoms with van der Waals surface area (Å²) >= 11 is 0. The number of nitrogens with one attached hydrogen (secondary N) is 3. The van der Waals surface area contributed by atoms with Crippen LogP contribution >= 0.6 is 0 Å². The minimum atomic E-state index is -0.604. The van der Waals surface area contributed by atoms with Crippen LogP contribution in [0.15, 0.2) is 60.9 Å². The van der Waals surface area contributed by atoms with Crippen LogP contribution in [0.5, 0.6) is 5.75 Å². The molecule has 10 heteroatoms. The van der Waals surface area contributed by atoms with Gasteiger partial charge in [-0.25, -0.2) is 9.97 Å². The first-order chi connectivity index (χ1) is 14.6. The Labute approximate surface area is 172 Å². The summed E-state index contributed by atoms with van der Waals surface area (Å²) in [5.74, 6) is 0.0625. The average Bonchev–Trinajstić information content (AvgIpc) is 2.78. The fourth-order valence-electron chi connectivity index (χ4n) is 2.67. The summed E-state index contributed by atoms with van der Waals surface area (Å²) in [5, 5.41) is 14.5. The number of anilines is 2. The molecule has 0 saturated heterocycles. The molecule has 3 rings (SSSR count). The van der Waals surface area contributed by atoms with Crippen molar-refractivity contribution in [2.24, 2.45) is 0 Å². The largest absolute Gasteiger partial charge is 0.497 e. The Balaban J connectivity index is 1.67. The van der Waals surface area contributed by atoms with Crippen LogP contribution in [-0.2, 0) is 6.42 Å². The third-order valence-electron chi connectivity index (χ3n) is 4.20. The van der Waals surface area contributed by atoms with Crippen molar-refractivity contribution >= 4 is 23.2 Å². The number of nitro groups is 1. The van der Waals surface area contributed by atoms with E-state index in [2.05, 4.69) is 26.1 Å². The van der Waals surface area contributed by atoms with Crippen molar-refractivity contribution in [3.8, 4) is 5.75 Å². The maximum atomic E-state index is 12.3. The molecule has 30 heavy (non-hydrogen) atoms. The number of hydrogen-bond acceptors (Lipinski definition) is 8. The van der Waals surface area contributed by atoms with Gasteiger partial charge in [0.1, 0.15) is 12.1 Å². The van der Waals surface area contributed by atoms with Gasteiger partial charge in [0.15, 0.2) is 0 Å². The highest BCUT2D eigenvalue weighted by Gasteiger charge is 2.23. The molecule has 0 aliphatic rings. The Bertz CT molecular complexity index is 1010. The van der Waals surface area contributed by atoms with Crippen molar-refractivity contribution in [3.63, 3.8) is 0 Å². The number of hydrazine groups is 1. The molecule has 1 aromatic heterocycles. The van der Waals surface area contributed by atoms with E-state index >= 15 is 0 Å². The molecule has 0 bridgehead atoms. The highest BCUT2D eigenvalue weighted by Crippen LogP contribution is 2.28. The monoisotopic (exact) mass is 408 g/mol. The van der Waals surface area contributed by atoms with Gasteiger partial charge < -0.3 is 10.1 Å². The predicted octanol–water partition coefficient (Wildman–Crippen LogP) is 2.80. The number of benzene rings is 2. The van der Waals surface area contributed by atoms with Crippen molar-refractivity contribution < 1.29 is 14.5 Å². The molecule has 0 saturated carbocycles. The van der Waals surface area contributed by atoms with Crippen molar-refractivity contribution in [1.82, 2.24) is 15.4 Å². The van der Waals surface area contributed by atoms with E-state index in [9.17, 15) is 14.9 Å². The van der Waals surface area contributed by atoms with Gasteiger partial charge in [-0.2, -0.15) is 0 Å². The van der Waals surface area contributed by atoms with Gasteiger partial charge in [0, 0.05) is 12.1 Å². The first-order valence-electron chi connectivity index (χ1n) is 9.06. The summed E-state index contributed by atoms with van der Waals surface area (Å²) in [6.45, 7) is 0.444. The molecule has 3 N–H and O–H groups in total. The summed E-state index contributed by atoms with van der Waals surface area (Å²) in [5.41, 5.74) is 5.99. The lowest BCUT2D eigenvalue weighted by Gasteiger charge is -2.11. The fraction of sp³-hybridized carbons (Fsp3) is 0.150. The number of nitrogens with zero attached hydrogens (tertiary/aromatic N) is 3. The number of hydrogen-bond donors (Lipinski definition) is 3. The molecular formula is C20H20N6O4. The number of methoxy groups -OCH3 is 1. The third kappa shape index (κ3) is 5.19.